The Hall–Kier alpha value is -1.62. The number of hydrogen-bond acceptors (Lipinski definition) is 3. The molecule has 21 heavy (non-hydrogen) atoms. The molecule has 1 unspecified atom stereocenters. The second kappa shape index (κ2) is 7.98. The zero-order valence-corrected chi connectivity index (χ0v) is 13.2. The number of likely N-dealkylation sites (N-methyl/N-ethyl adjacent to an activating group) is 1. The first-order valence-corrected chi connectivity index (χ1v) is 7.27. The lowest BCUT2D eigenvalue weighted by molar-refractivity contribution is -0.133. The van der Waals surface area contributed by atoms with Crippen molar-refractivity contribution < 1.29 is 13.9 Å². The van der Waals surface area contributed by atoms with Crippen LogP contribution in [0.15, 0.2) is 18.2 Å². The van der Waals surface area contributed by atoms with Gasteiger partial charge in [0, 0.05) is 19.1 Å². The second-order valence-corrected chi connectivity index (χ2v) is 5.51. The summed E-state index contributed by atoms with van der Waals surface area (Å²) in [5.74, 6) is 0.0807. The Bertz CT molecular complexity index is 477. The van der Waals surface area contributed by atoms with E-state index >= 15 is 0 Å². The van der Waals surface area contributed by atoms with E-state index in [9.17, 15) is 9.18 Å². The third-order valence-electron chi connectivity index (χ3n) is 3.55. The molecule has 1 aromatic carbocycles. The molecule has 1 aromatic rings. The third-order valence-corrected chi connectivity index (χ3v) is 3.55. The summed E-state index contributed by atoms with van der Waals surface area (Å²) in [7, 11) is 1.73. The summed E-state index contributed by atoms with van der Waals surface area (Å²) in [5, 5.41) is 0. The Kier molecular flexibility index (Phi) is 6.62. The van der Waals surface area contributed by atoms with Gasteiger partial charge >= 0.3 is 0 Å². The minimum absolute atomic E-state index is 0.0526. The molecule has 0 aliphatic heterocycles. The number of ether oxygens (including phenoxy) is 1. The highest BCUT2D eigenvalue weighted by Crippen LogP contribution is 2.21. The van der Waals surface area contributed by atoms with Gasteiger partial charge in [-0.25, -0.2) is 4.39 Å². The maximum absolute atomic E-state index is 13.4. The SMILES string of the molecule is CCC(N)Cc1cc(F)ccc1OCC(=O)N(C)C(C)C. The molecule has 118 valence electrons. The molecule has 1 amide bonds. The summed E-state index contributed by atoms with van der Waals surface area (Å²) in [6.07, 6.45) is 1.32. The fourth-order valence-electron chi connectivity index (χ4n) is 1.80. The Morgan fingerprint density at radius 3 is 2.67 bits per heavy atom. The van der Waals surface area contributed by atoms with Gasteiger partial charge in [0.2, 0.25) is 0 Å². The number of amides is 1. The molecule has 0 bridgehead atoms. The van der Waals surface area contributed by atoms with Crippen LogP contribution in [0.25, 0.3) is 0 Å². The summed E-state index contributed by atoms with van der Waals surface area (Å²) in [6, 6.07) is 4.36. The number of nitrogens with two attached hydrogens (primary N) is 1. The second-order valence-electron chi connectivity index (χ2n) is 5.51. The molecule has 0 radical (unpaired) electrons. The number of nitrogens with zero attached hydrogens (tertiary/aromatic N) is 1. The molecule has 4 nitrogen and oxygen atoms in total. The van der Waals surface area contributed by atoms with Gasteiger partial charge in [-0.1, -0.05) is 6.92 Å². The van der Waals surface area contributed by atoms with Crippen molar-refractivity contribution in [2.75, 3.05) is 13.7 Å². The molecule has 0 spiro atoms. The maximum Gasteiger partial charge on any atom is 0.260 e. The van der Waals surface area contributed by atoms with Gasteiger partial charge in [0.15, 0.2) is 6.61 Å². The lowest BCUT2D eigenvalue weighted by atomic mass is 10.0. The van der Waals surface area contributed by atoms with Crippen molar-refractivity contribution in [3.05, 3.63) is 29.6 Å². The van der Waals surface area contributed by atoms with Gasteiger partial charge in [-0.05, 0) is 50.5 Å². The van der Waals surface area contributed by atoms with Crippen LogP contribution in [0.3, 0.4) is 0 Å². The number of halogens is 1. The van der Waals surface area contributed by atoms with Crippen molar-refractivity contribution >= 4 is 5.91 Å². The fourth-order valence-corrected chi connectivity index (χ4v) is 1.80. The fraction of sp³-hybridized carbons (Fsp3) is 0.562. The zero-order chi connectivity index (χ0) is 16.0. The molecule has 0 aliphatic carbocycles. The summed E-state index contributed by atoms with van der Waals surface area (Å²) in [4.78, 5) is 13.5. The van der Waals surface area contributed by atoms with E-state index in [2.05, 4.69) is 0 Å². The van der Waals surface area contributed by atoms with Crippen LogP contribution in [0.2, 0.25) is 0 Å². The number of benzene rings is 1. The number of carbonyl (C=O) groups excluding carboxylic acids is 1. The minimum Gasteiger partial charge on any atom is -0.483 e. The third kappa shape index (κ3) is 5.34. The van der Waals surface area contributed by atoms with Crippen molar-refractivity contribution in [3.63, 3.8) is 0 Å². The van der Waals surface area contributed by atoms with Crippen LogP contribution in [0, 0.1) is 5.82 Å². The molecule has 5 heteroatoms. The largest absolute Gasteiger partial charge is 0.483 e. The van der Waals surface area contributed by atoms with Crippen molar-refractivity contribution in [1.29, 1.82) is 0 Å². The molecule has 0 saturated carbocycles. The van der Waals surface area contributed by atoms with E-state index in [0.717, 1.165) is 6.42 Å². The standard InChI is InChI=1S/C16H25FN2O2/c1-5-14(18)9-12-8-13(17)6-7-15(12)21-10-16(20)19(4)11(2)3/h6-8,11,14H,5,9-10,18H2,1-4H3. The Labute approximate surface area is 126 Å². The predicted octanol–water partition coefficient (Wildman–Crippen LogP) is 2.35. The zero-order valence-electron chi connectivity index (χ0n) is 13.2. The lowest BCUT2D eigenvalue weighted by Crippen LogP contribution is -2.36. The van der Waals surface area contributed by atoms with Crippen molar-refractivity contribution in [1.82, 2.24) is 4.90 Å². The van der Waals surface area contributed by atoms with E-state index in [0.29, 0.717) is 17.7 Å². The Morgan fingerprint density at radius 1 is 1.43 bits per heavy atom. The highest BCUT2D eigenvalue weighted by Gasteiger charge is 2.15. The van der Waals surface area contributed by atoms with E-state index < -0.39 is 0 Å². The average Bonchev–Trinajstić information content (AvgIpc) is 2.44. The molecule has 0 aromatic heterocycles. The summed E-state index contributed by atoms with van der Waals surface area (Å²) in [6.45, 7) is 5.78. The van der Waals surface area contributed by atoms with Crippen molar-refractivity contribution in [3.8, 4) is 5.75 Å². The molecule has 0 heterocycles. The lowest BCUT2D eigenvalue weighted by Gasteiger charge is -2.22. The van der Waals surface area contributed by atoms with Gasteiger partial charge in [-0.3, -0.25) is 4.79 Å². The molecule has 0 aliphatic rings. The first kappa shape index (κ1) is 17.4. The van der Waals surface area contributed by atoms with Gasteiger partial charge in [0.05, 0.1) is 0 Å². The van der Waals surface area contributed by atoms with Crippen LogP contribution in [0.1, 0.15) is 32.8 Å². The normalized spacial score (nSPS) is 12.3. The van der Waals surface area contributed by atoms with Crippen LogP contribution in [-0.2, 0) is 11.2 Å². The topological polar surface area (TPSA) is 55.6 Å². The van der Waals surface area contributed by atoms with Gasteiger partial charge in [-0.15, -0.1) is 0 Å². The van der Waals surface area contributed by atoms with Crippen LogP contribution in [0.4, 0.5) is 4.39 Å². The summed E-state index contributed by atoms with van der Waals surface area (Å²) < 4.78 is 18.9. The van der Waals surface area contributed by atoms with Gasteiger partial charge < -0.3 is 15.4 Å². The van der Waals surface area contributed by atoms with E-state index in [1.54, 1.807) is 18.0 Å². The maximum atomic E-state index is 13.4. The predicted molar refractivity (Wildman–Crippen MR) is 81.8 cm³/mol. The number of hydrogen-bond donors (Lipinski definition) is 1. The monoisotopic (exact) mass is 296 g/mol. The molecule has 0 saturated heterocycles. The van der Waals surface area contributed by atoms with Gasteiger partial charge in [-0.2, -0.15) is 0 Å². The molecule has 0 fully saturated rings. The van der Waals surface area contributed by atoms with Crippen LogP contribution in [0.5, 0.6) is 5.75 Å². The van der Waals surface area contributed by atoms with E-state index in [4.69, 9.17) is 10.5 Å². The molecule has 1 rings (SSSR count). The first-order chi connectivity index (χ1) is 9.85. The first-order valence-electron chi connectivity index (χ1n) is 7.27. The summed E-state index contributed by atoms with van der Waals surface area (Å²) in [5.41, 5.74) is 6.61. The van der Waals surface area contributed by atoms with Crippen LogP contribution < -0.4 is 10.5 Å². The van der Waals surface area contributed by atoms with Crippen LogP contribution >= 0.6 is 0 Å². The molecular formula is C16H25FN2O2. The number of carbonyl (C=O) groups is 1. The van der Waals surface area contributed by atoms with Crippen molar-refractivity contribution in [2.24, 2.45) is 5.73 Å². The molecule has 2 N–H and O–H groups in total. The highest BCUT2D eigenvalue weighted by atomic mass is 19.1. The summed E-state index contributed by atoms with van der Waals surface area (Å²) >= 11 is 0. The highest BCUT2D eigenvalue weighted by molar-refractivity contribution is 5.77. The Morgan fingerprint density at radius 2 is 2.10 bits per heavy atom. The quantitative estimate of drug-likeness (QED) is 0.840. The average molecular weight is 296 g/mol. The number of rotatable bonds is 7. The minimum atomic E-state index is -0.328. The van der Waals surface area contributed by atoms with Crippen LogP contribution in [-0.4, -0.2) is 36.5 Å². The molecular weight excluding hydrogens is 271 g/mol. The van der Waals surface area contributed by atoms with Gasteiger partial charge in [0.1, 0.15) is 11.6 Å². The van der Waals surface area contributed by atoms with E-state index in [1.165, 1.54) is 12.1 Å². The Balaban J connectivity index is 2.76. The van der Waals surface area contributed by atoms with E-state index in [-0.39, 0.29) is 30.4 Å². The smallest absolute Gasteiger partial charge is 0.260 e. The molecule has 1 atom stereocenters. The van der Waals surface area contributed by atoms with Gasteiger partial charge in [0.25, 0.3) is 5.91 Å². The van der Waals surface area contributed by atoms with E-state index in [1.807, 2.05) is 20.8 Å². The van der Waals surface area contributed by atoms with Crippen molar-refractivity contribution in [2.45, 2.75) is 45.7 Å².